The van der Waals surface area contributed by atoms with Crippen molar-refractivity contribution >= 4 is 44.3 Å². The number of nitrogens with zero attached hydrogens (tertiary/aromatic N) is 2. The average Bonchev–Trinajstić information content (AvgIpc) is 3.42. The Labute approximate surface area is 208 Å². The number of aliphatic hydroxyl groups excluding tert-OH is 1. The van der Waals surface area contributed by atoms with Crippen LogP contribution in [0.1, 0.15) is 27.7 Å². The maximum absolute atomic E-state index is 13.7. The molecule has 4 aromatic rings. The summed E-state index contributed by atoms with van der Waals surface area (Å²) >= 11 is 3.40. The number of benzene rings is 3. The van der Waals surface area contributed by atoms with Crippen LogP contribution in [0.25, 0.3) is 11.0 Å². The molecular formula is C27H17BrN2O5. The summed E-state index contributed by atoms with van der Waals surface area (Å²) in [4.78, 5) is 28.3. The van der Waals surface area contributed by atoms with Crippen LogP contribution in [0, 0.1) is 11.3 Å². The minimum Gasteiger partial charge on any atom is -0.503 e. The molecule has 1 amide bonds. The van der Waals surface area contributed by atoms with Gasteiger partial charge in [-0.25, -0.2) is 0 Å². The lowest BCUT2D eigenvalue weighted by Crippen LogP contribution is -2.31. The zero-order valence-electron chi connectivity index (χ0n) is 18.4. The summed E-state index contributed by atoms with van der Waals surface area (Å²) in [6.45, 7) is 0. The van der Waals surface area contributed by atoms with Crippen molar-refractivity contribution in [2.24, 2.45) is 0 Å². The summed E-state index contributed by atoms with van der Waals surface area (Å²) in [6, 6.07) is 21.3. The van der Waals surface area contributed by atoms with E-state index >= 15 is 0 Å². The SMILES string of the molecule is COc1ccc(C2C(C(=O)c3cc4cc(Br)ccc4o3)=C(O)C(=O)N2c2ccc(C#N)cc2)cc1. The van der Waals surface area contributed by atoms with Crippen molar-refractivity contribution in [1.82, 2.24) is 0 Å². The summed E-state index contributed by atoms with van der Waals surface area (Å²) in [5.41, 5.74) is 1.85. The van der Waals surface area contributed by atoms with E-state index < -0.39 is 23.5 Å². The quantitative estimate of drug-likeness (QED) is 0.325. The number of carbonyl (C=O) groups excluding carboxylic acids is 2. The van der Waals surface area contributed by atoms with Crippen LogP contribution < -0.4 is 9.64 Å². The van der Waals surface area contributed by atoms with Crippen LogP contribution in [0.3, 0.4) is 0 Å². The van der Waals surface area contributed by atoms with Crippen LogP contribution in [0.5, 0.6) is 5.75 Å². The molecule has 172 valence electrons. The number of methoxy groups -OCH3 is 1. The van der Waals surface area contributed by atoms with Crippen molar-refractivity contribution in [2.45, 2.75) is 6.04 Å². The lowest BCUT2D eigenvalue weighted by atomic mass is 9.94. The van der Waals surface area contributed by atoms with Gasteiger partial charge < -0.3 is 14.3 Å². The van der Waals surface area contributed by atoms with Crippen molar-refractivity contribution < 1.29 is 23.8 Å². The monoisotopic (exact) mass is 528 g/mol. The fourth-order valence-electron chi connectivity index (χ4n) is 4.16. The second kappa shape index (κ2) is 8.78. The van der Waals surface area contributed by atoms with E-state index in [1.54, 1.807) is 66.7 Å². The molecule has 0 aliphatic carbocycles. The van der Waals surface area contributed by atoms with E-state index in [2.05, 4.69) is 15.9 Å². The molecule has 1 aliphatic rings. The number of amides is 1. The number of furan rings is 1. The van der Waals surface area contributed by atoms with Gasteiger partial charge in [-0.05, 0) is 66.2 Å². The minimum absolute atomic E-state index is 0.00707. The summed E-state index contributed by atoms with van der Waals surface area (Å²) in [5.74, 6) is -1.36. The van der Waals surface area contributed by atoms with Crippen LogP contribution >= 0.6 is 15.9 Å². The van der Waals surface area contributed by atoms with Crippen LogP contribution in [0.15, 0.2) is 93.0 Å². The highest BCUT2D eigenvalue weighted by molar-refractivity contribution is 9.10. The second-order valence-electron chi connectivity index (χ2n) is 7.89. The molecule has 0 saturated heterocycles. The zero-order valence-corrected chi connectivity index (χ0v) is 19.9. The maximum Gasteiger partial charge on any atom is 0.294 e. The van der Waals surface area contributed by atoms with Gasteiger partial charge in [0, 0.05) is 15.5 Å². The molecule has 1 aliphatic heterocycles. The summed E-state index contributed by atoms with van der Waals surface area (Å²) in [5, 5.41) is 20.8. The molecule has 7 nitrogen and oxygen atoms in total. The number of ether oxygens (including phenoxy) is 1. The zero-order chi connectivity index (χ0) is 24.7. The second-order valence-corrected chi connectivity index (χ2v) is 8.81. The van der Waals surface area contributed by atoms with Crippen molar-refractivity contribution in [2.75, 3.05) is 12.0 Å². The Hall–Kier alpha value is -4.35. The van der Waals surface area contributed by atoms with Gasteiger partial charge in [0.15, 0.2) is 11.5 Å². The van der Waals surface area contributed by atoms with Gasteiger partial charge in [0.1, 0.15) is 11.3 Å². The maximum atomic E-state index is 13.7. The number of hydrogen-bond donors (Lipinski definition) is 1. The highest BCUT2D eigenvalue weighted by atomic mass is 79.9. The average molecular weight is 529 g/mol. The van der Waals surface area contributed by atoms with Gasteiger partial charge in [-0.3, -0.25) is 14.5 Å². The topological polar surface area (TPSA) is 104 Å². The van der Waals surface area contributed by atoms with Crippen LogP contribution in [0.2, 0.25) is 0 Å². The first-order valence-corrected chi connectivity index (χ1v) is 11.3. The highest BCUT2D eigenvalue weighted by Crippen LogP contribution is 2.42. The number of anilines is 1. The molecule has 1 unspecified atom stereocenters. The Morgan fingerprint density at radius 2 is 1.80 bits per heavy atom. The van der Waals surface area contributed by atoms with E-state index in [9.17, 15) is 14.7 Å². The number of halogens is 1. The van der Waals surface area contributed by atoms with Crippen molar-refractivity contribution in [3.05, 3.63) is 105 Å². The fraction of sp³-hybridized carbons (Fsp3) is 0.0741. The van der Waals surface area contributed by atoms with Gasteiger partial charge in [-0.2, -0.15) is 5.26 Å². The van der Waals surface area contributed by atoms with Gasteiger partial charge in [0.2, 0.25) is 5.78 Å². The smallest absolute Gasteiger partial charge is 0.294 e. The normalized spacial score (nSPS) is 15.5. The molecule has 1 atom stereocenters. The van der Waals surface area contributed by atoms with Crippen molar-refractivity contribution in [1.29, 1.82) is 5.26 Å². The molecule has 0 spiro atoms. The number of nitriles is 1. The molecule has 0 bridgehead atoms. The molecular weight excluding hydrogens is 512 g/mol. The predicted octanol–water partition coefficient (Wildman–Crippen LogP) is 5.86. The van der Waals surface area contributed by atoms with Crippen molar-refractivity contribution in [3.63, 3.8) is 0 Å². The van der Waals surface area contributed by atoms with E-state index in [0.717, 1.165) is 4.47 Å². The highest BCUT2D eigenvalue weighted by Gasteiger charge is 2.45. The van der Waals surface area contributed by atoms with E-state index in [1.165, 1.54) is 12.0 Å². The fourth-order valence-corrected chi connectivity index (χ4v) is 4.54. The molecule has 2 heterocycles. The first-order valence-electron chi connectivity index (χ1n) is 10.6. The van der Waals surface area contributed by atoms with Crippen LogP contribution in [0.4, 0.5) is 5.69 Å². The van der Waals surface area contributed by atoms with E-state index in [4.69, 9.17) is 14.4 Å². The number of rotatable bonds is 5. The Morgan fingerprint density at radius 3 is 2.46 bits per heavy atom. The Balaban J connectivity index is 1.64. The largest absolute Gasteiger partial charge is 0.503 e. The third-order valence-corrected chi connectivity index (χ3v) is 6.35. The third-order valence-electron chi connectivity index (χ3n) is 5.86. The summed E-state index contributed by atoms with van der Waals surface area (Å²) in [6.07, 6.45) is 0. The Bertz CT molecular complexity index is 1550. The standard InChI is InChI=1S/C27H17BrN2O5/c1-34-20-9-4-16(5-10-20)24-23(25(31)22-13-17-12-18(28)6-11-21(17)35-22)26(32)27(33)30(24)19-7-2-15(14-29)3-8-19/h2-13,24,32H,1H3. The summed E-state index contributed by atoms with van der Waals surface area (Å²) < 4.78 is 11.8. The number of aliphatic hydroxyl groups is 1. The van der Waals surface area contributed by atoms with Gasteiger partial charge >= 0.3 is 0 Å². The first-order chi connectivity index (χ1) is 16.9. The van der Waals surface area contributed by atoms with Gasteiger partial charge in [0.05, 0.1) is 30.4 Å². The molecule has 3 aromatic carbocycles. The lowest BCUT2D eigenvalue weighted by molar-refractivity contribution is -0.117. The van der Waals surface area contributed by atoms with Crippen molar-refractivity contribution in [3.8, 4) is 11.8 Å². The molecule has 35 heavy (non-hydrogen) atoms. The molecule has 0 saturated carbocycles. The molecule has 8 heteroatoms. The van der Waals surface area contributed by atoms with E-state index in [0.29, 0.717) is 33.5 Å². The molecule has 0 radical (unpaired) electrons. The predicted molar refractivity (Wildman–Crippen MR) is 132 cm³/mol. The molecule has 1 N–H and O–H groups in total. The Kier molecular flexibility index (Phi) is 5.63. The van der Waals surface area contributed by atoms with E-state index in [1.807, 2.05) is 12.1 Å². The van der Waals surface area contributed by atoms with Gasteiger partial charge in [0.25, 0.3) is 5.91 Å². The minimum atomic E-state index is -0.922. The third kappa shape index (κ3) is 3.86. The molecule has 0 fully saturated rings. The number of Topliss-reactive ketones (excluding diaryl/α,β-unsaturated/α-hetero) is 1. The lowest BCUT2D eigenvalue weighted by Gasteiger charge is -2.27. The van der Waals surface area contributed by atoms with Gasteiger partial charge in [-0.1, -0.05) is 28.1 Å². The first kappa shape index (κ1) is 22.4. The van der Waals surface area contributed by atoms with Crippen LogP contribution in [-0.4, -0.2) is 23.9 Å². The number of carbonyl (C=O) groups is 2. The van der Waals surface area contributed by atoms with Gasteiger partial charge in [-0.15, -0.1) is 0 Å². The van der Waals surface area contributed by atoms with Crippen LogP contribution in [-0.2, 0) is 4.79 Å². The molecule has 5 rings (SSSR count). The summed E-state index contributed by atoms with van der Waals surface area (Å²) in [7, 11) is 1.54. The molecule has 1 aromatic heterocycles. The van der Waals surface area contributed by atoms with E-state index in [-0.39, 0.29) is 11.3 Å². The number of hydrogen-bond acceptors (Lipinski definition) is 6. The number of fused-ring (bicyclic) bond motifs is 1. The number of ketones is 1. The Morgan fingerprint density at radius 1 is 1.09 bits per heavy atom.